The van der Waals surface area contributed by atoms with Crippen molar-refractivity contribution in [3.63, 3.8) is 0 Å². The molecule has 1 atom stereocenters. The summed E-state index contributed by atoms with van der Waals surface area (Å²) in [5.74, 6) is -0.788. The van der Waals surface area contributed by atoms with Gasteiger partial charge in [0.2, 0.25) is 5.78 Å². The first-order valence-corrected chi connectivity index (χ1v) is 11.9. The smallest absolute Gasteiger partial charge is 0.290 e. The number of methoxy groups -OCH3 is 1. The molecule has 0 bridgehead atoms. The van der Waals surface area contributed by atoms with Crippen molar-refractivity contribution >= 4 is 22.7 Å². The Morgan fingerprint density at radius 2 is 1.89 bits per heavy atom. The number of furan rings is 1. The first-order chi connectivity index (χ1) is 17.1. The average molecular weight is 478 g/mol. The number of nitrogens with zero attached hydrogens (tertiary/aromatic N) is 1. The van der Waals surface area contributed by atoms with Crippen LogP contribution in [0, 0.1) is 0 Å². The van der Waals surface area contributed by atoms with E-state index < -0.39 is 23.5 Å². The second-order valence-electron chi connectivity index (χ2n) is 8.88. The zero-order chi connectivity index (χ0) is 24.4. The lowest BCUT2D eigenvalue weighted by atomic mass is 9.95. The van der Waals surface area contributed by atoms with E-state index in [-0.39, 0.29) is 11.3 Å². The molecule has 8 heteroatoms. The number of fused-ring (bicyclic) bond motifs is 1. The molecule has 0 aliphatic carbocycles. The van der Waals surface area contributed by atoms with Crippen molar-refractivity contribution in [2.75, 3.05) is 46.5 Å². The van der Waals surface area contributed by atoms with Gasteiger partial charge in [-0.3, -0.25) is 9.59 Å². The third kappa shape index (κ3) is 4.54. The maximum atomic E-state index is 13.6. The molecule has 2 aliphatic rings. The standard InChI is InChI=1S/C27H28N2O6/c1-33-20-9-7-18(8-10-20)24-23(25(30)22-17-19-5-2-3-6-21(19)35-22)26(31)27(32)29(24)12-4-11-28-13-15-34-16-14-28/h2-3,5-10,17,24,31H,4,11-16H2,1H3/p+1. The van der Waals surface area contributed by atoms with E-state index in [2.05, 4.69) is 0 Å². The van der Waals surface area contributed by atoms with Crippen LogP contribution in [0.2, 0.25) is 0 Å². The van der Waals surface area contributed by atoms with Gasteiger partial charge in [-0.1, -0.05) is 30.3 Å². The molecule has 0 spiro atoms. The lowest BCUT2D eigenvalue weighted by molar-refractivity contribution is -0.908. The first-order valence-electron chi connectivity index (χ1n) is 11.9. The first kappa shape index (κ1) is 23.1. The number of aliphatic hydroxyl groups excluding tert-OH is 1. The van der Waals surface area contributed by atoms with Crippen LogP contribution in [-0.4, -0.2) is 68.2 Å². The summed E-state index contributed by atoms with van der Waals surface area (Å²) >= 11 is 0. The van der Waals surface area contributed by atoms with E-state index in [4.69, 9.17) is 13.9 Å². The summed E-state index contributed by atoms with van der Waals surface area (Å²) < 4.78 is 16.5. The molecule has 3 heterocycles. The molecule has 0 radical (unpaired) electrons. The summed E-state index contributed by atoms with van der Waals surface area (Å²) in [6, 6.07) is 15.5. The summed E-state index contributed by atoms with van der Waals surface area (Å²) in [6.07, 6.45) is 0.743. The van der Waals surface area contributed by atoms with Crippen LogP contribution in [-0.2, 0) is 9.53 Å². The topological polar surface area (TPSA) is 93.7 Å². The van der Waals surface area contributed by atoms with Gasteiger partial charge < -0.3 is 28.8 Å². The molecule has 2 aromatic carbocycles. The highest BCUT2D eigenvalue weighted by Gasteiger charge is 2.44. The lowest BCUT2D eigenvalue weighted by Crippen LogP contribution is -3.14. The lowest BCUT2D eigenvalue weighted by Gasteiger charge is -2.28. The van der Waals surface area contributed by atoms with Crippen molar-refractivity contribution in [3.05, 3.63) is 77.3 Å². The third-order valence-electron chi connectivity index (χ3n) is 6.76. The molecule has 2 aliphatic heterocycles. The normalized spacial score (nSPS) is 19.1. The highest BCUT2D eigenvalue weighted by molar-refractivity contribution is 6.16. The van der Waals surface area contributed by atoms with Crippen LogP contribution < -0.4 is 9.64 Å². The highest BCUT2D eigenvalue weighted by atomic mass is 16.5. The van der Waals surface area contributed by atoms with E-state index in [0.717, 1.165) is 50.2 Å². The Kier molecular flexibility index (Phi) is 6.57. The van der Waals surface area contributed by atoms with E-state index in [1.54, 1.807) is 36.3 Å². The molecule has 35 heavy (non-hydrogen) atoms. The SMILES string of the molecule is COc1ccc(C2C(C(=O)c3cc4ccccc4o3)=C(O)C(=O)N2CCC[NH+]2CCOCC2)cc1. The van der Waals surface area contributed by atoms with Crippen molar-refractivity contribution in [3.8, 4) is 5.75 Å². The van der Waals surface area contributed by atoms with Crippen LogP contribution in [0.1, 0.15) is 28.6 Å². The van der Waals surface area contributed by atoms with Gasteiger partial charge in [-0.05, 0) is 29.8 Å². The van der Waals surface area contributed by atoms with Crippen LogP contribution in [0.4, 0.5) is 0 Å². The van der Waals surface area contributed by atoms with Crippen molar-refractivity contribution in [2.45, 2.75) is 12.5 Å². The van der Waals surface area contributed by atoms with Gasteiger partial charge in [-0.15, -0.1) is 0 Å². The van der Waals surface area contributed by atoms with Crippen LogP contribution >= 0.6 is 0 Å². The van der Waals surface area contributed by atoms with Gasteiger partial charge >= 0.3 is 0 Å². The number of amides is 1. The van der Waals surface area contributed by atoms with Crippen molar-refractivity contribution in [1.29, 1.82) is 0 Å². The molecule has 8 nitrogen and oxygen atoms in total. The molecule has 1 aromatic heterocycles. The number of Topliss-reactive ketones (excluding diaryl/α,β-unsaturated/α-hetero) is 1. The van der Waals surface area contributed by atoms with E-state index in [0.29, 0.717) is 17.9 Å². The Hall–Kier alpha value is -3.62. The monoisotopic (exact) mass is 477 g/mol. The van der Waals surface area contributed by atoms with Crippen LogP contribution in [0.3, 0.4) is 0 Å². The Balaban J connectivity index is 1.45. The van der Waals surface area contributed by atoms with Gasteiger partial charge in [0, 0.05) is 18.4 Å². The fourth-order valence-corrected chi connectivity index (χ4v) is 4.88. The molecule has 3 aromatic rings. The van der Waals surface area contributed by atoms with Gasteiger partial charge in [0.1, 0.15) is 24.4 Å². The molecule has 2 N–H and O–H groups in total. The predicted octanol–water partition coefficient (Wildman–Crippen LogP) is 2.32. The quantitative estimate of drug-likeness (QED) is 0.484. The Labute approximate surface area is 203 Å². The Bertz CT molecular complexity index is 1220. The number of para-hydroxylation sites is 1. The number of aliphatic hydroxyl groups is 1. The average Bonchev–Trinajstić information content (AvgIpc) is 3.44. The van der Waals surface area contributed by atoms with Gasteiger partial charge in [0.05, 0.1) is 38.5 Å². The number of rotatable bonds is 8. The van der Waals surface area contributed by atoms with Gasteiger partial charge in [-0.2, -0.15) is 0 Å². The number of carbonyl (C=O) groups is 2. The van der Waals surface area contributed by atoms with Crippen LogP contribution in [0.25, 0.3) is 11.0 Å². The van der Waals surface area contributed by atoms with E-state index in [9.17, 15) is 14.7 Å². The van der Waals surface area contributed by atoms with E-state index in [1.807, 2.05) is 30.3 Å². The molecular formula is C27H29N2O6+. The van der Waals surface area contributed by atoms with Gasteiger partial charge in [-0.25, -0.2) is 0 Å². The largest absolute Gasteiger partial charge is 0.503 e. The van der Waals surface area contributed by atoms with Crippen molar-refractivity contribution in [2.24, 2.45) is 0 Å². The second kappa shape index (κ2) is 9.93. The number of benzene rings is 2. The van der Waals surface area contributed by atoms with Gasteiger partial charge in [0.25, 0.3) is 5.91 Å². The predicted molar refractivity (Wildman–Crippen MR) is 129 cm³/mol. The minimum atomic E-state index is -0.714. The number of nitrogens with one attached hydrogen (secondary N) is 1. The third-order valence-corrected chi connectivity index (χ3v) is 6.76. The number of carbonyl (C=O) groups excluding carboxylic acids is 2. The highest BCUT2D eigenvalue weighted by Crippen LogP contribution is 2.40. The summed E-state index contributed by atoms with van der Waals surface area (Å²) in [4.78, 5) is 29.8. The number of hydrogen-bond acceptors (Lipinski definition) is 6. The zero-order valence-corrected chi connectivity index (χ0v) is 19.7. The van der Waals surface area contributed by atoms with Crippen LogP contribution in [0.5, 0.6) is 5.75 Å². The summed E-state index contributed by atoms with van der Waals surface area (Å²) in [7, 11) is 1.58. The van der Waals surface area contributed by atoms with Crippen LogP contribution in [0.15, 0.2) is 70.3 Å². The number of ketones is 1. The summed E-state index contributed by atoms with van der Waals surface area (Å²) in [6.45, 7) is 4.66. The maximum Gasteiger partial charge on any atom is 0.290 e. The van der Waals surface area contributed by atoms with E-state index >= 15 is 0 Å². The molecule has 1 unspecified atom stereocenters. The number of morpholine rings is 1. The number of hydrogen-bond donors (Lipinski definition) is 2. The molecule has 1 fully saturated rings. The fraction of sp³-hybridized carbons (Fsp3) is 0.333. The molecule has 1 saturated heterocycles. The minimum Gasteiger partial charge on any atom is -0.503 e. The molecule has 182 valence electrons. The Morgan fingerprint density at radius 3 is 2.60 bits per heavy atom. The Morgan fingerprint density at radius 1 is 1.14 bits per heavy atom. The summed E-state index contributed by atoms with van der Waals surface area (Å²) in [5.41, 5.74) is 1.34. The van der Waals surface area contributed by atoms with E-state index in [1.165, 1.54) is 4.90 Å². The fourth-order valence-electron chi connectivity index (χ4n) is 4.88. The second-order valence-corrected chi connectivity index (χ2v) is 8.88. The zero-order valence-electron chi connectivity index (χ0n) is 19.7. The minimum absolute atomic E-state index is 0.0398. The molecule has 0 saturated carbocycles. The van der Waals surface area contributed by atoms with Crippen molar-refractivity contribution < 1.29 is 33.5 Å². The molecule has 1 amide bonds. The van der Waals surface area contributed by atoms with Gasteiger partial charge in [0.15, 0.2) is 11.5 Å². The molecule has 5 rings (SSSR count). The van der Waals surface area contributed by atoms with Crippen molar-refractivity contribution in [1.82, 2.24) is 4.90 Å². The number of quaternary nitrogens is 1. The summed E-state index contributed by atoms with van der Waals surface area (Å²) in [5, 5.41) is 11.7. The number of ether oxygens (including phenoxy) is 2. The molecular weight excluding hydrogens is 448 g/mol. The maximum absolute atomic E-state index is 13.6.